The van der Waals surface area contributed by atoms with Gasteiger partial charge in [0.25, 0.3) is 5.66 Å². The van der Waals surface area contributed by atoms with Gasteiger partial charge in [-0.2, -0.15) is 14.0 Å². The zero-order valence-corrected chi connectivity index (χ0v) is 13.5. The third-order valence-electron chi connectivity index (χ3n) is 2.89. The van der Waals surface area contributed by atoms with E-state index in [0.29, 0.717) is 9.79 Å². The van der Waals surface area contributed by atoms with Crippen LogP contribution in [0.15, 0.2) is 40.1 Å². The molecule has 0 spiro atoms. The molecule has 0 saturated carbocycles. The Morgan fingerprint density at radius 3 is 2.43 bits per heavy atom. The lowest BCUT2D eigenvalue weighted by Crippen LogP contribution is -2.03. The Hall–Kier alpha value is -2.07. The van der Waals surface area contributed by atoms with E-state index in [0.717, 1.165) is 17.8 Å². The maximum absolute atomic E-state index is 13.5. The van der Waals surface area contributed by atoms with Crippen LogP contribution in [0.3, 0.4) is 0 Å². The fraction of sp³-hybridized carbons (Fsp3) is 0.0714. The molecular weight excluding hydrogens is 343 g/mol. The Labute approximate surface area is 137 Å². The summed E-state index contributed by atoms with van der Waals surface area (Å²) in [4.78, 5) is 0.889. The third-order valence-corrected chi connectivity index (χ3v) is 4.17. The number of nitrogen functional groups attached to an aromatic ring is 1. The number of aromatic hydroxyl groups is 1. The highest BCUT2D eigenvalue weighted by atomic mass is 32.2. The monoisotopic (exact) mass is 355 g/mol. The van der Waals surface area contributed by atoms with Crippen molar-refractivity contribution in [2.45, 2.75) is 15.5 Å². The van der Waals surface area contributed by atoms with Gasteiger partial charge in [0.1, 0.15) is 5.69 Å². The maximum Gasteiger partial charge on any atom is 0.283 e. The van der Waals surface area contributed by atoms with Crippen molar-refractivity contribution in [1.82, 2.24) is 0 Å². The summed E-state index contributed by atoms with van der Waals surface area (Å²) in [5.41, 5.74) is 4.05. The van der Waals surface area contributed by atoms with Crippen molar-refractivity contribution in [3.63, 3.8) is 0 Å². The molecular formula is C14H12F2N3O2PS. The standard InChI is InChI=1S/C14H12F2N3O2PS/c15-14(16,22)8-1-7(6-17)2-9(3-8)23-10-4-11(18)13(20)12(5-10)19-21/h1-5,19-21H,18,22H2. The van der Waals surface area contributed by atoms with E-state index in [9.17, 15) is 13.9 Å². The molecule has 0 aliphatic heterocycles. The van der Waals surface area contributed by atoms with Crippen LogP contribution in [0.2, 0.25) is 0 Å². The summed E-state index contributed by atoms with van der Waals surface area (Å²) < 4.78 is 26.9. The van der Waals surface area contributed by atoms with Gasteiger partial charge in [0, 0.05) is 15.4 Å². The number of halogens is 2. The molecule has 0 fully saturated rings. The number of phenolic OH excluding ortho intramolecular Hbond substituents is 1. The van der Waals surface area contributed by atoms with E-state index in [1.165, 1.54) is 33.5 Å². The molecule has 0 bridgehead atoms. The maximum atomic E-state index is 13.5. The summed E-state index contributed by atoms with van der Waals surface area (Å²) in [6.45, 7) is 0. The topological polar surface area (TPSA) is 102 Å². The molecule has 23 heavy (non-hydrogen) atoms. The van der Waals surface area contributed by atoms with Gasteiger partial charge in [0.05, 0.1) is 17.3 Å². The first-order valence-electron chi connectivity index (χ1n) is 6.17. The van der Waals surface area contributed by atoms with Crippen molar-refractivity contribution >= 4 is 32.4 Å². The van der Waals surface area contributed by atoms with Gasteiger partial charge >= 0.3 is 0 Å². The number of hydrogen-bond acceptors (Lipinski definition) is 6. The van der Waals surface area contributed by atoms with Crippen molar-refractivity contribution in [1.29, 1.82) is 5.26 Å². The highest BCUT2D eigenvalue weighted by Crippen LogP contribution is 2.41. The van der Waals surface area contributed by atoms with E-state index < -0.39 is 5.66 Å². The predicted octanol–water partition coefficient (Wildman–Crippen LogP) is 3.72. The van der Waals surface area contributed by atoms with Gasteiger partial charge in [-0.15, -0.1) is 0 Å². The highest BCUT2D eigenvalue weighted by molar-refractivity contribution is 7.99. The molecule has 2 aromatic carbocycles. The van der Waals surface area contributed by atoms with E-state index in [1.807, 2.05) is 6.07 Å². The van der Waals surface area contributed by atoms with Crippen LogP contribution in [0.5, 0.6) is 5.75 Å². The smallest absolute Gasteiger partial charge is 0.283 e. The number of nitriles is 1. The van der Waals surface area contributed by atoms with Crippen molar-refractivity contribution < 1.29 is 19.1 Å². The van der Waals surface area contributed by atoms with Gasteiger partial charge < -0.3 is 10.8 Å². The average molecular weight is 355 g/mol. The van der Waals surface area contributed by atoms with Crippen LogP contribution in [0.1, 0.15) is 11.1 Å². The molecule has 9 heteroatoms. The SMILES string of the molecule is N#Cc1cc(Sc2cc(N)c(O)c(NO)c2)cc(C(F)(F)P)c1. The van der Waals surface area contributed by atoms with Gasteiger partial charge in [-0.3, -0.25) is 10.7 Å². The van der Waals surface area contributed by atoms with E-state index in [-0.39, 0.29) is 28.3 Å². The van der Waals surface area contributed by atoms with Gasteiger partial charge in [0.2, 0.25) is 0 Å². The van der Waals surface area contributed by atoms with Crippen LogP contribution >= 0.6 is 21.0 Å². The van der Waals surface area contributed by atoms with Crippen LogP contribution in [-0.4, -0.2) is 10.3 Å². The number of alkyl halides is 2. The molecule has 1 unspecified atom stereocenters. The minimum atomic E-state index is -3.16. The van der Waals surface area contributed by atoms with Crippen LogP contribution in [0.4, 0.5) is 20.2 Å². The molecule has 2 rings (SSSR count). The zero-order chi connectivity index (χ0) is 17.2. The molecule has 0 heterocycles. The molecule has 5 nitrogen and oxygen atoms in total. The molecule has 5 N–H and O–H groups in total. The summed E-state index contributed by atoms with van der Waals surface area (Å²) in [6, 6.07) is 8.49. The fourth-order valence-electron chi connectivity index (χ4n) is 1.82. The lowest BCUT2D eigenvalue weighted by molar-refractivity contribution is 0.104. The normalized spacial score (nSPS) is 11.1. The lowest BCUT2D eigenvalue weighted by Gasteiger charge is -2.13. The van der Waals surface area contributed by atoms with Crippen LogP contribution < -0.4 is 11.2 Å². The van der Waals surface area contributed by atoms with Crippen molar-refractivity contribution in [2.24, 2.45) is 0 Å². The second-order valence-corrected chi connectivity index (χ2v) is 6.48. The van der Waals surface area contributed by atoms with Crippen LogP contribution in [0, 0.1) is 11.3 Å². The average Bonchev–Trinajstić information content (AvgIpc) is 2.49. The molecule has 120 valence electrons. The largest absolute Gasteiger partial charge is 0.504 e. The van der Waals surface area contributed by atoms with Gasteiger partial charge in [0.15, 0.2) is 5.75 Å². The van der Waals surface area contributed by atoms with Crippen molar-refractivity contribution in [3.05, 3.63) is 41.5 Å². The van der Waals surface area contributed by atoms with E-state index in [4.69, 9.17) is 16.2 Å². The number of phenols is 1. The first-order chi connectivity index (χ1) is 10.7. The summed E-state index contributed by atoms with van der Waals surface area (Å²) in [5.74, 6) is -0.320. The number of nitrogens with two attached hydrogens (primary N) is 1. The molecule has 0 aliphatic carbocycles. The quantitative estimate of drug-likeness (QED) is 0.288. The van der Waals surface area contributed by atoms with Crippen molar-refractivity contribution in [3.8, 4) is 11.8 Å². The fourth-order valence-corrected chi connectivity index (χ4v) is 3.00. The Kier molecular flexibility index (Phi) is 4.95. The van der Waals surface area contributed by atoms with Crippen LogP contribution in [-0.2, 0) is 5.66 Å². The Balaban J connectivity index is 2.45. The Morgan fingerprint density at radius 1 is 1.22 bits per heavy atom. The summed E-state index contributed by atoms with van der Waals surface area (Å²) in [6.07, 6.45) is 0. The molecule has 0 radical (unpaired) electrons. The first kappa shape index (κ1) is 17.3. The lowest BCUT2D eigenvalue weighted by atomic mass is 10.1. The second-order valence-electron chi connectivity index (χ2n) is 4.60. The third kappa shape index (κ3) is 4.02. The number of anilines is 2. The molecule has 0 amide bonds. The number of benzene rings is 2. The van der Waals surface area contributed by atoms with Crippen molar-refractivity contribution in [2.75, 3.05) is 11.2 Å². The van der Waals surface area contributed by atoms with E-state index >= 15 is 0 Å². The molecule has 0 aromatic heterocycles. The second kappa shape index (κ2) is 6.59. The number of nitrogens with zero attached hydrogens (tertiary/aromatic N) is 1. The van der Waals surface area contributed by atoms with Gasteiger partial charge in [-0.05, 0) is 30.3 Å². The molecule has 0 saturated heterocycles. The van der Waals surface area contributed by atoms with Gasteiger partial charge in [-0.1, -0.05) is 21.0 Å². The minimum absolute atomic E-state index is 0.0134. The Morgan fingerprint density at radius 2 is 1.87 bits per heavy atom. The first-order valence-corrected chi connectivity index (χ1v) is 7.56. The number of rotatable bonds is 4. The minimum Gasteiger partial charge on any atom is -0.504 e. The Bertz CT molecular complexity index is 791. The summed E-state index contributed by atoms with van der Waals surface area (Å²) in [5, 5.41) is 27.5. The van der Waals surface area contributed by atoms with Gasteiger partial charge in [-0.25, -0.2) is 0 Å². The zero-order valence-electron chi connectivity index (χ0n) is 11.5. The van der Waals surface area contributed by atoms with E-state index in [2.05, 4.69) is 0 Å². The molecule has 0 aliphatic rings. The molecule has 1 atom stereocenters. The number of nitrogens with one attached hydrogen (secondary N) is 1. The predicted molar refractivity (Wildman–Crippen MR) is 86.8 cm³/mol. The van der Waals surface area contributed by atoms with Crippen LogP contribution in [0.25, 0.3) is 0 Å². The summed E-state index contributed by atoms with van der Waals surface area (Å²) in [7, 11) is 1.43. The number of hydrogen-bond donors (Lipinski definition) is 4. The highest BCUT2D eigenvalue weighted by Gasteiger charge is 2.25. The molecule has 2 aromatic rings. The van der Waals surface area contributed by atoms with E-state index in [1.54, 1.807) is 5.48 Å². The summed E-state index contributed by atoms with van der Waals surface area (Å²) >= 11 is 1.06.